The average molecular weight is 339 g/mol. The zero-order valence-corrected chi connectivity index (χ0v) is 14.6. The normalized spacial score (nSPS) is 24.0. The number of nitrogens with zero attached hydrogens (tertiary/aromatic N) is 1. The Kier molecular flexibility index (Phi) is 4.49. The fourth-order valence-corrected chi connectivity index (χ4v) is 3.62. The lowest BCUT2D eigenvalue weighted by molar-refractivity contribution is -0.117. The van der Waals surface area contributed by atoms with E-state index in [1.807, 2.05) is 36.4 Å². The van der Waals surface area contributed by atoms with Crippen LogP contribution in [0, 0.1) is 5.92 Å². The van der Waals surface area contributed by atoms with Crippen LogP contribution in [0.3, 0.4) is 0 Å². The second-order valence-corrected chi connectivity index (χ2v) is 7.22. The molecule has 2 aromatic rings. The van der Waals surface area contributed by atoms with Gasteiger partial charge in [-0.15, -0.1) is 0 Å². The first-order valence-corrected chi connectivity index (χ1v) is 9.09. The Hall–Kier alpha value is -2.27. The molecule has 1 aliphatic carbocycles. The monoisotopic (exact) mass is 339 g/mol. The maximum absolute atomic E-state index is 12.6. The number of amides is 1. The van der Waals surface area contributed by atoms with Gasteiger partial charge in [0.2, 0.25) is 5.91 Å². The van der Waals surface area contributed by atoms with Gasteiger partial charge in [0, 0.05) is 17.9 Å². The SMILES string of the molecule is CN1CCC(Nc2ccccc2NC(=O)[C@H]2C[C@H]2c2ccco2)CC1. The molecule has 1 saturated heterocycles. The number of hydrogen-bond donors (Lipinski definition) is 2. The minimum atomic E-state index is 0.0162. The molecule has 132 valence electrons. The zero-order valence-electron chi connectivity index (χ0n) is 14.6. The van der Waals surface area contributed by atoms with E-state index in [4.69, 9.17) is 4.42 Å². The van der Waals surface area contributed by atoms with Gasteiger partial charge in [0.05, 0.1) is 17.6 Å². The standard InChI is InChI=1S/C20H25N3O2/c1-23-10-8-14(9-11-23)21-17-5-2-3-6-18(17)22-20(24)16-13-15(16)19-7-4-12-25-19/h2-7,12,14-16,21H,8-11,13H2,1H3,(H,22,24)/t15-,16+/m1/s1. The minimum absolute atomic E-state index is 0.0162. The van der Waals surface area contributed by atoms with Gasteiger partial charge in [-0.2, -0.15) is 0 Å². The molecule has 1 aromatic heterocycles. The molecule has 0 radical (unpaired) electrons. The number of carbonyl (C=O) groups is 1. The largest absolute Gasteiger partial charge is 0.469 e. The number of benzene rings is 1. The lowest BCUT2D eigenvalue weighted by Gasteiger charge is -2.30. The molecule has 0 unspecified atom stereocenters. The van der Waals surface area contributed by atoms with Gasteiger partial charge in [-0.05, 0) is 63.7 Å². The van der Waals surface area contributed by atoms with Crippen LogP contribution < -0.4 is 10.6 Å². The average Bonchev–Trinajstić information content (AvgIpc) is 3.24. The number of hydrogen-bond acceptors (Lipinski definition) is 4. The Morgan fingerprint density at radius 2 is 1.88 bits per heavy atom. The lowest BCUT2D eigenvalue weighted by atomic mass is 10.0. The first kappa shape index (κ1) is 16.2. The Bertz CT molecular complexity index is 720. The predicted octanol–water partition coefficient (Wildman–Crippen LogP) is 3.53. The van der Waals surface area contributed by atoms with E-state index < -0.39 is 0 Å². The summed E-state index contributed by atoms with van der Waals surface area (Å²) in [6.07, 6.45) is 4.79. The Morgan fingerprint density at radius 1 is 1.12 bits per heavy atom. The predicted molar refractivity (Wildman–Crippen MR) is 98.8 cm³/mol. The summed E-state index contributed by atoms with van der Waals surface area (Å²) in [5.41, 5.74) is 1.89. The van der Waals surface area contributed by atoms with Crippen molar-refractivity contribution in [2.75, 3.05) is 30.8 Å². The van der Waals surface area contributed by atoms with Crippen LogP contribution in [-0.2, 0) is 4.79 Å². The molecule has 25 heavy (non-hydrogen) atoms. The van der Waals surface area contributed by atoms with E-state index in [0.29, 0.717) is 6.04 Å². The van der Waals surface area contributed by atoms with E-state index in [0.717, 1.165) is 49.5 Å². The Labute approximate surface area is 148 Å². The smallest absolute Gasteiger partial charge is 0.228 e. The van der Waals surface area contributed by atoms with Crippen molar-refractivity contribution in [2.24, 2.45) is 5.92 Å². The van der Waals surface area contributed by atoms with Gasteiger partial charge in [-0.1, -0.05) is 12.1 Å². The maximum Gasteiger partial charge on any atom is 0.228 e. The van der Waals surface area contributed by atoms with E-state index in [-0.39, 0.29) is 17.7 Å². The van der Waals surface area contributed by atoms with Crippen LogP contribution in [0.1, 0.15) is 30.9 Å². The molecule has 0 spiro atoms. The first-order valence-electron chi connectivity index (χ1n) is 9.09. The van der Waals surface area contributed by atoms with Crippen molar-refractivity contribution in [1.29, 1.82) is 0 Å². The molecule has 2 heterocycles. The molecule has 1 aromatic carbocycles. The van der Waals surface area contributed by atoms with Crippen molar-refractivity contribution in [1.82, 2.24) is 4.90 Å². The summed E-state index contributed by atoms with van der Waals surface area (Å²) in [4.78, 5) is 14.9. The second-order valence-electron chi connectivity index (χ2n) is 7.22. The van der Waals surface area contributed by atoms with Crippen molar-refractivity contribution >= 4 is 17.3 Å². The van der Waals surface area contributed by atoms with Crippen molar-refractivity contribution < 1.29 is 9.21 Å². The van der Waals surface area contributed by atoms with Crippen LogP contribution in [0.4, 0.5) is 11.4 Å². The third-order valence-corrected chi connectivity index (χ3v) is 5.30. The molecule has 2 aliphatic rings. The molecule has 5 heteroatoms. The summed E-state index contributed by atoms with van der Waals surface area (Å²) in [7, 11) is 2.16. The third kappa shape index (κ3) is 3.71. The van der Waals surface area contributed by atoms with Crippen LogP contribution in [0.2, 0.25) is 0 Å². The lowest BCUT2D eigenvalue weighted by Crippen LogP contribution is -2.36. The molecule has 0 bridgehead atoms. The summed E-state index contributed by atoms with van der Waals surface area (Å²) in [5, 5.41) is 6.72. The number of likely N-dealkylation sites (tertiary alicyclic amines) is 1. The highest BCUT2D eigenvalue weighted by atomic mass is 16.3. The molecule has 1 aliphatic heterocycles. The highest BCUT2D eigenvalue weighted by Gasteiger charge is 2.45. The molecular formula is C20H25N3O2. The first-order chi connectivity index (χ1) is 12.2. The third-order valence-electron chi connectivity index (χ3n) is 5.30. The highest BCUT2D eigenvalue weighted by Crippen LogP contribution is 2.48. The molecule has 2 fully saturated rings. The summed E-state index contributed by atoms with van der Waals surface area (Å²) in [6, 6.07) is 12.3. The molecule has 2 N–H and O–H groups in total. The van der Waals surface area contributed by atoms with Crippen LogP contribution in [0.15, 0.2) is 47.1 Å². The fourth-order valence-electron chi connectivity index (χ4n) is 3.62. The van der Waals surface area contributed by atoms with Crippen molar-refractivity contribution in [3.63, 3.8) is 0 Å². The van der Waals surface area contributed by atoms with Crippen LogP contribution in [0.25, 0.3) is 0 Å². The molecule has 4 rings (SSSR count). The van der Waals surface area contributed by atoms with Gasteiger partial charge in [0.1, 0.15) is 5.76 Å². The number of nitrogens with one attached hydrogen (secondary N) is 2. The number of para-hydroxylation sites is 2. The molecule has 5 nitrogen and oxygen atoms in total. The van der Waals surface area contributed by atoms with E-state index in [1.54, 1.807) is 6.26 Å². The van der Waals surface area contributed by atoms with Gasteiger partial charge in [-0.3, -0.25) is 4.79 Å². The molecular weight excluding hydrogens is 314 g/mol. The number of carbonyl (C=O) groups excluding carboxylic acids is 1. The van der Waals surface area contributed by atoms with E-state index in [2.05, 4.69) is 22.6 Å². The molecule has 2 atom stereocenters. The van der Waals surface area contributed by atoms with Gasteiger partial charge in [0.25, 0.3) is 0 Å². The van der Waals surface area contributed by atoms with Crippen LogP contribution in [-0.4, -0.2) is 37.0 Å². The van der Waals surface area contributed by atoms with Gasteiger partial charge >= 0.3 is 0 Å². The number of piperidine rings is 1. The van der Waals surface area contributed by atoms with Crippen molar-refractivity contribution in [2.45, 2.75) is 31.2 Å². The Morgan fingerprint density at radius 3 is 2.60 bits per heavy atom. The fraction of sp³-hybridized carbons (Fsp3) is 0.450. The second kappa shape index (κ2) is 6.92. The maximum atomic E-state index is 12.6. The van der Waals surface area contributed by atoms with E-state index in [9.17, 15) is 4.79 Å². The summed E-state index contributed by atoms with van der Waals surface area (Å²) >= 11 is 0. The number of furan rings is 1. The molecule has 1 saturated carbocycles. The van der Waals surface area contributed by atoms with Crippen LogP contribution in [0.5, 0.6) is 0 Å². The zero-order chi connectivity index (χ0) is 17.2. The van der Waals surface area contributed by atoms with Crippen molar-refractivity contribution in [3.8, 4) is 0 Å². The van der Waals surface area contributed by atoms with E-state index >= 15 is 0 Å². The summed E-state index contributed by atoms with van der Waals surface area (Å²) in [5.74, 6) is 1.24. The topological polar surface area (TPSA) is 57.5 Å². The van der Waals surface area contributed by atoms with Gasteiger partial charge in [0.15, 0.2) is 0 Å². The van der Waals surface area contributed by atoms with Crippen molar-refractivity contribution in [3.05, 3.63) is 48.4 Å². The minimum Gasteiger partial charge on any atom is -0.469 e. The highest BCUT2D eigenvalue weighted by molar-refractivity contribution is 5.97. The number of anilines is 2. The van der Waals surface area contributed by atoms with Crippen LogP contribution >= 0.6 is 0 Å². The van der Waals surface area contributed by atoms with Gasteiger partial charge in [-0.25, -0.2) is 0 Å². The Balaban J connectivity index is 1.38. The van der Waals surface area contributed by atoms with Gasteiger partial charge < -0.3 is 20.0 Å². The molecule has 1 amide bonds. The quantitative estimate of drug-likeness (QED) is 0.875. The summed E-state index contributed by atoms with van der Waals surface area (Å²) in [6.45, 7) is 2.22. The van der Waals surface area contributed by atoms with E-state index in [1.165, 1.54) is 0 Å². The summed E-state index contributed by atoms with van der Waals surface area (Å²) < 4.78 is 5.42. The number of rotatable bonds is 5.